The van der Waals surface area contributed by atoms with E-state index >= 15 is 0 Å². The van der Waals surface area contributed by atoms with Crippen LogP contribution < -0.4 is 10.6 Å². The number of nitrogens with one attached hydrogen (secondary N) is 2. The molecule has 0 fully saturated rings. The number of rotatable bonds is 8. The lowest BCUT2D eigenvalue weighted by atomic mass is 10.1. The van der Waals surface area contributed by atoms with Crippen LogP contribution in [0.25, 0.3) is 0 Å². The van der Waals surface area contributed by atoms with Crippen molar-refractivity contribution < 1.29 is 14.0 Å². The van der Waals surface area contributed by atoms with Crippen molar-refractivity contribution in [3.8, 4) is 0 Å². The molecule has 0 aliphatic heterocycles. The minimum absolute atomic E-state index is 0.0408. The molecule has 0 unspecified atom stereocenters. The van der Waals surface area contributed by atoms with Gasteiger partial charge in [-0.05, 0) is 35.4 Å². The molecule has 0 bridgehead atoms. The zero-order valence-corrected chi connectivity index (χ0v) is 16.1. The van der Waals surface area contributed by atoms with Gasteiger partial charge in [-0.15, -0.1) is 5.10 Å². The summed E-state index contributed by atoms with van der Waals surface area (Å²) in [4.78, 5) is 28.0. The molecule has 2 aromatic heterocycles. The first-order chi connectivity index (χ1) is 14.0. The Morgan fingerprint density at radius 3 is 2.69 bits per heavy atom. The SMILES string of the molecule is O=C(Cc1ccc(F)cc1Cl)NCCn1cc(C(=O)NCc2ccncc2)nn1. The maximum atomic E-state index is 13.0. The Hall–Kier alpha value is -3.33. The summed E-state index contributed by atoms with van der Waals surface area (Å²) in [7, 11) is 0. The average Bonchev–Trinajstić information content (AvgIpc) is 3.18. The van der Waals surface area contributed by atoms with Crippen LogP contribution >= 0.6 is 11.6 Å². The summed E-state index contributed by atoms with van der Waals surface area (Å²) in [6.07, 6.45) is 4.84. The second kappa shape index (κ2) is 9.74. The second-order valence-electron chi connectivity index (χ2n) is 6.17. The van der Waals surface area contributed by atoms with Gasteiger partial charge in [0.2, 0.25) is 5.91 Å². The van der Waals surface area contributed by atoms with Crippen molar-refractivity contribution in [1.82, 2.24) is 30.6 Å². The third kappa shape index (κ3) is 6.08. The molecule has 0 aliphatic rings. The highest BCUT2D eigenvalue weighted by Crippen LogP contribution is 2.17. The number of carbonyl (C=O) groups excluding carboxylic acids is 2. The molecule has 3 aromatic rings. The van der Waals surface area contributed by atoms with Crippen LogP contribution in [0.4, 0.5) is 4.39 Å². The Morgan fingerprint density at radius 2 is 1.93 bits per heavy atom. The number of hydrogen-bond donors (Lipinski definition) is 2. The van der Waals surface area contributed by atoms with E-state index in [9.17, 15) is 14.0 Å². The van der Waals surface area contributed by atoms with Crippen LogP contribution in [0.15, 0.2) is 48.9 Å². The summed E-state index contributed by atoms with van der Waals surface area (Å²) < 4.78 is 14.5. The van der Waals surface area contributed by atoms with Crippen molar-refractivity contribution in [1.29, 1.82) is 0 Å². The molecular weight excluding hydrogens is 399 g/mol. The fourth-order valence-electron chi connectivity index (χ4n) is 2.50. The normalized spacial score (nSPS) is 10.6. The summed E-state index contributed by atoms with van der Waals surface area (Å²) >= 11 is 5.92. The zero-order valence-electron chi connectivity index (χ0n) is 15.3. The Morgan fingerprint density at radius 1 is 1.14 bits per heavy atom. The molecule has 29 heavy (non-hydrogen) atoms. The fraction of sp³-hybridized carbons (Fsp3) is 0.211. The van der Waals surface area contributed by atoms with Crippen LogP contribution in [-0.4, -0.2) is 38.3 Å². The monoisotopic (exact) mass is 416 g/mol. The van der Waals surface area contributed by atoms with Gasteiger partial charge in [0.1, 0.15) is 5.82 Å². The van der Waals surface area contributed by atoms with Gasteiger partial charge >= 0.3 is 0 Å². The summed E-state index contributed by atoms with van der Waals surface area (Å²) in [6, 6.07) is 7.51. The molecule has 0 spiro atoms. The predicted molar refractivity (Wildman–Crippen MR) is 104 cm³/mol. The first kappa shape index (κ1) is 20.4. The number of pyridine rings is 1. The van der Waals surface area contributed by atoms with Crippen molar-refractivity contribution in [3.63, 3.8) is 0 Å². The average molecular weight is 417 g/mol. The molecule has 2 N–H and O–H groups in total. The van der Waals surface area contributed by atoms with E-state index in [2.05, 4.69) is 25.9 Å². The van der Waals surface area contributed by atoms with E-state index in [4.69, 9.17) is 11.6 Å². The Labute approximate surface area is 171 Å². The molecule has 3 rings (SSSR count). The van der Waals surface area contributed by atoms with Crippen molar-refractivity contribution in [2.75, 3.05) is 6.54 Å². The van der Waals surface area contributed by atoms with Crippen molar-refractivity contribution in [2.45, 2.75) is 19.5 Å². The minimum Gasteiger partial charge on any atom is -0.354 e. The number of hydrogen-bond acceptors (Lipinski definition) is 5. The lowest BCUT2D eigenvalue weighted by Gasteiger charge is -2.06. The minimum atomic E-state index is -0.453. The number of amides is 2. The molecule has 0 radical (unpaired) electrons. The summed E-state index contributed by atoms with van der Waals surface area (Å²) in [5.74, 6) is -1.05. The first-order valence-electron chi connectivity index (χ1n) is 8.79. The highest BCUT2D eigenvalue weighted by molar-refractivity contribution is 6.31. The van der Waals surface area contributed by atoms with Crippen LogP contribution in [0.5, 0.6) is 0 Å². The lowest BCUT2D eigenvalue weighted by Crippen LogP contribution is -2.28. The van der Waals surface area contributed by atoms with Gasteiger partial charge in [0.15, 0.2) is 5.69 Å². The summed E-state index contributed by atoms with van der Waals surface area (Å²) in [5, 5.41) is 13.4. The van der Waals surface area contributed by atoms with Gasteiger partial charge in [-0.3, -0.25) is 14.6 Å². The highest BCUT2D eigenvalue weighted by Gasteiger charge is 2.11. The van der Waals surface area contributed by atoms with Crippen molar-refractivity contribution in [2.24, 2.45) is 0 Å². The number of carbonyl (C=O) groups is 2. The molecular formula is C19H18ClFN6O2. The topological polar surface area (TPSA) is 102 Å². The smallest absolute Gasteiger partial charge is 0.273 e. The number of benzene rings is 1. The molecule has 150 valence electrons. The Bertz CT molecular complexity index is 995. The van der Waals surface area contributed by atoms with Crippen molar-refractivity contribution in [3.05, 3.63) is 76.6 Å². The van der Waals surface area contributed by atoms with Crippen LogP contribution in [0, 0.1) is 5.82 Å². The molecule has 2 heterocycles. The predicted octanol–water partition coefficient (Wildman–Crippen LogP) is 1.75. The van der Waals surface area contributed by atoms with Crippen LogP contribution in [0.1, 0.15) is 21.6 Å². The van der Waals surface area contributed by atoms with Gasteiger partial charge in [0.25, 0.3) is 5.91 Å². The van der Waals surface area contributed by atoms with E-state index < -0.39 is 5.82 Å². The molecule has 0 saturated carbocycles. The van der Waals surface area contributed by atoms with Crippen LogP contribution in [-0.2, 0) is 24.3 Å². The standard InChI is InChI=1S/C19H18ClFN6O2/c20-16-10-15(21)2-1-14(16)9-18(28)23-7-8-27-12-17(25-26-27)19(29)24-11-13-3-5-22-6-4-13/h1-6,10,12H,7-9,11H2,(H,23,28)(H,24,29). The zero-order chi connectivity index (χ0) is 20.6. The van der Waals surface area contributed by atoms with E-state index in [1.807, 2.05) is 0 Å². The lowest BCUT2D eigenvalue weighted by molar-refractivity contribution is -0.120. The van der Waals surface area contributed by atoms with E-state index in [1.165, 1.54) is 29.1 Å². The quantitative estimate of drug-likeness (QED) is 0.582. The molecule has 0 aliphatic carbocycles. The third-order valence-electron chi connectivity index (χ3n) is 4.00. The number of nitrogens with zero attached hydrogens (tertiary/aromatic N) is 4. The molecule has 8 nitrogen and oxygen atoms in total. The summed E-state index contributed by atoms with van der Waals surface area (Å²) in [6.45, 7) is 0.989. The Balaban J connectivity index is 1.42. The summed E-state index contributed by atoms with van der Waals surface area (Å²) in [5.41, 5.74) is 1.65. The molecule has 0 saturated heterocycles. The third-order valence-corrected chi connectivity index (χ3v) is 4.35. The van der Waals surface area contributed by atoms with Gasteiger partial charge < -0.3 is 10.6 Å². The maximum absolute atomic E-state index is 13.0. The van der Waals surface area contributed by atoms with Gasteiger partial charge in [0, 0.05) is 30.5 Å². The Kier molecular flexibility index (Phi) is 6.85. The highest BCUT2D eigenvalue weighted by atomic mass is 35.5. The maximum Gasteiger partial charge on any atom is 0.273 e. The van der Waals surface area contributed by atoms with Gasteiger partial charge in [0.05, 0.1) is 19.2 Å². The second-order valence-corrected chi connectivity index (χ2v) is 6.57. The van der Waals surface area contributed by atoms with Crippen molar-refractivity contribution >= 4 is 23.4 Å². The van der Waals surface area contributed by atoms with Gasteiger partial charge in [-0.2, -0.15) is 0 Å². The molecule has 2 amide bonds. The van der Waals surface area contributed by atoms with Gasteiger partial charge in [-0.1, -0.05) is 22.9 Å². The van der Waals surface area contributed by atoms with E-state index in [0.717, 1.165) is 5.56 Å². The number of halogens is 2. The number of aromatic nitrogens is 4. The van der Waals surface area contributed by atoms with Gasteiger partial charge in [-0.25, -0.2) is 9.07 Å². The largest absolute Gasteiger partial charge is 0.354 e. The van der Waals surface area contributed by atoms with E-state index in [0.29, 0.717) is 25.2 Å². The van der Waals surface area contributed by atoms with Crippen LogP contribution in [0.3, 0.4) is 0 Å². The molecule has 0 atom stereocenters. The fourth-order valence-corrected chi connectivity index (χ4v) is 2.73. The molecule has 10 heteroatoms. The van der Waals surface area contributed by atoms with Crippen LogP contribution in [0.2, 0.25) is 5.02 Å². The molecule has 1 aromatic carbocycles. The van der Waals surface area contributed by atoms with E-state index in [-0.39, 0.29) is 29.0 Å². The van der Waals surface area contributed by atoms with E-state index in [1.54, 1.807) is 24.5 Å². The first-order valence-corrected chi connectivity index (χ1v) is 9.17.